The molecule has 6 nitrogen and oxygen atoms in total. The van der Waals surface area contributed by atoms with E-state index in [1.54, 1.807) is 18.1 Å². The molecular formula is C25H28N4O2. The lowest BCUT2D eigenvalue weighted by Gasteiger charge is -2.29. The number of aromatic nitrogens is 2. The van der Waals surface area contributed by atoms with Crippen molar-refractivity contribution in [3.63, 3.8) is 0 Å². The molecule has 1 unspecified atom stereocenters. The third-order valence-corrected chi connectivity index (χ3v) is 7.35. The number of fused-ring (bicyclic) bond motifs is 2. The molecule has 2 aliphatic heterocycles. The Balaban J connectivity index is 1.44. The summed E-state index contributed by atoms with van der Waals surface area (Å²) < 4.78 is 6.39. The molecule has 2 aliphatic carbocycles. The van der Waals surface area contributed by atoms with Crippen molar-refractivity contribution in [1.29, 1.82) is 0 Å². The minimum Gasteiger partial charge on any atom is -0.493 e. The van der Waals surface area contributed by atoms with Gasteiger partial charge in [-0.3, -0.25) is 9.79 Å². The van der Waals surface area contributed by atoms with Gasteiger partial charge in [0.2, 0.25) is 0 Å². The number of benzene rings is 1. The van der Waals surface area contributed by atoms with Gasteiger partial charge in [-0.1, -0.05) is 25.3 Å². The molecule has 4 aliphatic rings. The molecule has 1 aromatic heterocycles. The maximum Gasteiger partial charge on any atom is 0.272 e. The molecule has 6 heteroatoms. The second-order valence-corrected chi connectivity index (χ2v) is 9.41. The van der Waals surface area contributed by atoms with E-state index in [1.165, 1.54) is 44.9 Å². The summed E-state index contributed by atoms with van der Waals surface area (Å²) in [7, 11) is 1.79. The first-order valence-electron chi connectivity index (χ1n) is 11.6. The van der Waals surface area contributed by atoms with Crippen LogP contribution >= 0.6 is 0 Å². The molecule has 2 saturated carbocycles. The molecule has 0 radical (unpaired) electrons. The predicted molar refractivity (Wildman–Crippen MR) is 121 cm³/mol. The second kappa shape index (κ2) is 7.36. The highest BCUT2D eigenvalue weighted by atomic mass is 16.5. The fraction of sp³-hybridized carbons (Fsp3) is 0.480. The highest BCUT2D eigenvalue weighted by Gasteiger charge is 2.35. The average molecular weight is 417 g/mol. The van der Waals surface area contributed by atoms with Gasteiger partial charge in [-0.05, 0) is 43.2 Å². The third kappa shape index (κ3) is 3.20. The fourth-order valence-corrected chi connectivity index (χ4v) is 5.25. The fourth-order valence-electron chi connectivity index (χ4n) is 5.25. The Morgan fingerprint density at radius 2 is 2.00 bits per heavy atom. The summed E-state index contributed by atoms with van der Waals surface area (Å²) in [6, 6.07) is 4.25. The predicted octanol–water partition coefficient (Wildman–Crippen LogP) is 4.80. The zero-order valence-corrected chi connectivity index (χ0v) is 17.9. The lowest BCUT2D eigenvalue weighted by molar-refractivity contribution is -0.121. The molecule has 31 heavy (non-hydrogen) atoms. The molecule has 0 bridgehead atoms. The van der Waals surface area contributed by atoms with Crippen LogP contribution < -0.4 is 4.74 Å². The van der Waals surface area contributed by atoms with E-state index in [0.717, 1.165) is 40.4 Å². The zero-order valence-electron chi connectivity index (χ0n) is 17.9. The van der Waals surface area contributed by atoms with Crippen LogP contribution in [-0.4, -0.2) is 40.1 Å². The number of hydrogen-bond acceptors (Lipinski definition) is 4. The van der Waals surface area contributed by atoms with Gasteiger partial charge in [-0.15, -0.1) is 0 Å². The van der Waals surface area contributed by atoms with Crippen molar-refractivity contribution in [2.75, 3.05) is 13.7 Å². The number of H-pyrrole nitrogens is 1. The lowest BCUT2D eigenvalue weighted by Crippen LogP contribution is -2.37. The molecule has 1 aromatic carbocycles. The molecule has 6 rings (SSSR count). The number of rotatable bonds is 5. The first-order valence-corrected chi connectivity index (χ1v) is 11.6. The Hall–Kier alpha value is -2.89. The van der Waals surface area contributed by atoms with Crippen molar-refractivity contribution >= 4 is 28.2 Å². The number of hydrogen-bond donors (Lipinski definition) is 1. The van der Waals surface area contributed by atoms with Crippen LogP contribution in [0, 0.1) is 11.8 Å². The second-order valence-electron chi connectivity index (χ2n) is 9.41. The number of amides is 1. The number of aromatic amines is 1. The first-order chi connectivity index (χ1) is 15.2. The number of aliphatic imine (C=N–C) groups is 1. The number of imidazole rings is 1. The van der Waals surface area contributed by atoms with E-state index in [1.807, 2.05) is 12.3 Å². The number of allylic oxidation sites excluding steroid dienone is 2. The molecule has 2 fully saturated rings. The van der Waals surface area contributed by atoms with Crippen LogP contribution in [0.4, 0.5) is 0 Å². The van der Waals surface area contributed by atoms with Gasteiger partial charge in [0.1, 0.15) is 17.3 Å². The number of carbonyl (C=O) groups excluding carboxylic acids is 1. The van der Waals surface area contributed by atoms with Crippen molar-refractivity contribution in [3.05, 3.63) is 42.0 Å². The van der Waals surface area contributed by atoms with Gasteiger partial charge in [0.15, 0.2) is 0 Å². The van der Waals surface area contributed by atoms with Gasteiger partial charge < -0.3 is 14.6 Å². The Bertz CT molecular complexity index is 1130. The molecule has 0 saturated heterocycles. The van der Waals surface area contributed by atoms with Crippen LogP contribution in [0.5, 0.6) is 5.75 Å². The highest BCUT2D eigenvalue weighted by Crippen LogP contribution is 2.41. The van der Waals surface area contributed by atoms with Crippen LogP contribution in [0.1, 0.15) is 62.3 Å². The summed E-state index contributed by atoms with van der Waals surface area (Å²) in [6.45, 7) is 0.738. The number of carbonyl (C=O) groups is 1. The van der Waals surface area contributed by atoms with Crippen molar-refractivity contribution < 1.29 is 9.53 Å². The van der Waals surface area contributed by atoms with Crippen LogP contribution in [0.15, 0.2) is 35.6 Å². The average Bonchev–Trinajstić information content (AvgIpc) is 3.49. The molecule has 1 atom stereocenters. The lowest BCUT2D eigenvalue weighted by atomic mass is 9.85. The Morgan fingerprint density at radius 1 is 1.16 bits per heavy atom. The SMILES string of the molecule is CN1C=C(c2cc3[nH]c(C4CCCC4)nc3cc2OCC2CCC2)C2C=CN=C2C1=O. The van der Waals surface area contributed by atoms with Crippen LogP contribution in [0.2, 0.25) is 0 Å². The molecule has 1 N–H and O–H groups in total. The van der Waals surface area contributed by atoms with Crippen LogP contribution in [0.3, 0.4) is 0 Å². The largest absolute Gasteiger partial charge is 0.493 e. The number of nitrogens with zero attached hydrogens (tertiary/aromatic N) is 3. The van der Waals surface area contributed by atoms with Crippen molar-refractivity contribution in [3.8, 4) is 5.75 Å². The van der Waals surface area contributed by atoms with Crippen LogP contribution in [0.25, 0.3) is 16.6 Å². The summed E-state index contributed by atoms with van der Waals surface area (Å²) >= 11 is 0. The minimum atomic E-state index is -0.121. The van der Waals surface area contributed by atoms with E-state index in [0.29, 0.717) is 17.5 Å². The number of nitrogens with one attached hydrogen (secondary N) is 1. The topological polar surface area (TPSA) is 70.6 Å². The van der Waals surface area contributed by atoms with Crippen molar-refractivity contribution in [2.24, 2.45) is 16.8 Å². The third-order valence-electron chi connectivity index (χ3n) is 7.35. The maximum atomic E-state index is 12.6. The van der Waals surface area contributed by atoms with Gasteiger partial charge >= 0.3 is 0 Å². The Labute approximate surface area is 182 Å². The van der Waals surface area contributed by atoms with E-state index < -0.39 is 0 Å². The summed E-state index contributed by atoms with van der Waals surface area (Å²) in [5.74, 6) is 2.97. The van der Waals surface area contributed by atoms with Gasteiger partial charge in [0.05, 0.1) is 23.6 Å². The van der Waals surface area contributed by atoms with Gasteiger partial charge in [0, 0.05) is 37.0 Å². The minimum absolute atomic E-state index is 0.0400. The van der Waals surface area contributed by atoms with E-state index in [4.69, 9.17) is 9.72 Å². The monoisotopic (exact) mass is 416 g/mol. The summed E-state index contributed by atoms with van der Waals surface area (Å²) in [5.41, 5.74) is 4.66. The van der Waals surface area contributed by atoms with Crippen molar-refractivity contribution in [2.45, 2.75) is 50.9 Å². The van der Waals surface area contributed by atoms with Gasteiger partial charge in [-0.2, -0.15) is 0 Å². The molecular weight excluding hydrogens is 388 g/mol. The van der Waals surface area contributed by atoms with E-state index in [2.05, 4.69) is 22.1 Å². The van der Waals surface area contributed by atoms with Crippen LogP contribution in [-0.2, 0) is 4.79 Å². The Kier molecular flexibility index (Phi) is 4.47. The standard InChI is InChI=1S/C25H28N4O2/c1-29-13-19(17-9-10-26-23(17)25(29)30)18-11-20-21(12-22(18)31-14-15-5-4-6-15)28-24(27-20)16-7-2-3-8-16/h9-13,15-17H,2-8,14H2,1H3,(H,27,28). The summed E-state index contributed by atoms with van der Waals surface area (Å²) in [4.78, 5) is 27.1. The van der Waals surface area contributed by atoms with Gasteiger partial charge in [-0.25, -0.2) is 4.98 Å². The van der Waals surface area contributed by atoms with Crippen molar-refractivity contribution in [1.82, 2.24) is 14.9 Å². The first kappa shape index (κ1) is 18.8. The number of ether oxygens (including phenoxy) is 1. The smallest absolute Gasteiger partial charge is 0.272 e. The normalized spacial score (nSPS) is 23.8. The quantitative estimate of drug-likeness (QED) is 0.761. The molecule has 2 aromatic rings. The summed E-state index contributed by atoms with van der Waals surface area (Å²) in [5, 5.41) is 0. The zero-order chi connectivity index (χ0) is 20.9. The molecule has 3 heterocycles. The molecule has 0 spiro atoms. The highest BCUT2D eigenvalue weighted by molar-refractivity contribution is 6.44. The maximum absolute atomic E-state index is 12.6. The van der Waals surface area contributed by atoms with Gasteiger partial charge in [0.25, 0.3) is 5.91 Å². The van der Waals surface area contributed by atoms with E-state index in [-0.39, 0.29) is 11.8 Å². The molecule has 1 amide bonds. The summed E-state index contributed by atoms with van der Waals surface area (Å²) in [6.07, 6.45) is 14.5. The van der Waals surface area contributed by atoms with E-state index >= 15 is 0 Å². The van der Waals surface area contributed by atoms with E-state index in [9.17, 15) is 4.79 Å². The molecule has 160 valence electrons. The Morgan fingerprint density at radius 3 is 2.77 bits per heavy atom.